The van der Waals surface area contributed by atoms with Crippen molar-refractivity contribution in [2.24, 2.45) is 0 Å². The van der Waals surface area contributed by atoms with Crippen molar-refractivity contribution in [1.29, 1.82) is 5.26 Å². The maximum atomic E-state index is 9.06. The van der Waals surface area contributed by atoms with Gasteiger partial charge >= 0.3 is 0 Å². The summed E-state index contributed by atoms with van der Waals surface area (Å²) in [6, 6.07) is 3.00. The molecule has 0 aromatic heterocycles. The molecule has 0 aliphatic carbocycles. The summed E-state index contributed by atoms with van der Waals surface area (Å²) in [7, 11) is 2.07. The summed E-state index contributed by atoms with van der Waals surface area (Å²) in [5.74, 6) is 0. The third-order valence-corrected chi connectivity index (χ3v) is 3.06. The van der Waals surface area contributed by atoms with Crippen molar-refractivity contribution < 1.29 is 4.74 Å². The maximum absolute atomic E-state index is 9.06. The topological polar surface area (TPSA) is 48.3 Å². The van der Waals surface area contributed by atoms with E-state index in [0.29, 0.717) is 12.1 Å². The number of likely N-dealkylation sites (N-methyl/N-ethyl adjacent to an activating group) is 1. The van der Waals surface area contributed by atoms with Crippen LogP contribution in [-0.4, -0.2) is 49.3 Å². The molecule has 0 aromatic carbocycles. The Hall–Kier alpha value is -0.630. The minimum atomic E-state index is -0.0993. The van der Waals surface area contributed by atoms with Crippen molar-refractivity contribution in [3.05, 3.63) is 0 Å². The molecule has 1 aliphatic heterocycles. The quantitative estimate of drug-likeness (QED) is 0.758. The van der Waals surface area contributed by atoms with Crippen LogP contribution in [-0.2, 0) is 4.74 Å². The van der Waals surface area contributed by atoms with Gasteiger partial charge in [-0.1, -0.05) is 0 Å². The van der Waals surface area contributed by atoms with E-state index in [4.69, 9.17) is 10.00 Å². The number of nitrogens with zero attached hydrogens (tertiary/aromatic N) is 2. The van der Waals surface area contributed by atoms with Gasteiger partial charge in [-0.3, -0.25) is 10.2 Å². The van der Waals surface area contributed by atoms with Crippen molar-refractivity contribution in [2.45, 2.75) is 51.4 Å². The number of ether oxygens (including phenoxy) is 1. The van der Waals surface area contributed by atoms with Gasteiger partial charge < -0.3 is 4.74 Å². The summed E-state index contributed by atoms with van der Waals surface area (Å²) in [5, 5.41) is 12.3. The first-order valence-corrected chi connectivity index (χ1v) is 6.02. The fourth-order valence-electron chi connectivity index (χ4n) is 2.26. The Morgan fingerprint density at radius 3 is 2.69 bits per heavy atom. The van der Waals surface area contributed by atoms with E-state index in [-0.39, 0.29) is 12.1 Å². The highest BCUT2D eigenvalue weighted by Crippen LogP contribution is 2.18. The molecule has 3 unspecified atom stereocenters. The molecule has 0 spiro atoms. The van der Waals surface area contributed by atoms with E-state index in [2.05, 4.69) is 44.1 Å². The molecule has 4 heteroatoms. The van der Waals surface area contributed by atoms with Crippen LogP contribution in [0.3, 0.4) is 0 Å². The number of nitrogens with one attached hydrogen (secondary N) is 1. The van der Waals surface area contributed by atoms with E-state index < -0.39 is 0 Å². The van der Waals surface area contributed by atoms with Crippen LogP contribution in [0, 0.1) is 11.3 Å². The van der Waals surface area contributed by atoms with Crippen LogP contribution in [0.2, 0.25) is 0 Å². The van der Waals surface area contributed by atoms with Crippen LogP contribution >= 0.6 is 0 Å². The van der Waals surface area contributed by atoms with E-state index in [1.54, 1.807) is 0 Å². The molecule has 1 N–H and O–H groups in total. The van der Waals surface area contributed by atoms with Crippen LogP contribution in [0.4, 0.5) is 0 Å². The summed E-state index contributed by atoms with van der Waals surface area (Å²) in [6.45, 7) is 7.82. The van der Waals surface area contributed by atoms with Crippen molar-refractivity contribution in [1.82, 2.24) is 10.2 Å². The Balaban J connectivity index is 2.42. The van der Waals surface area contributed by atoms with E-state index in [1.165, 1.54) is 0 Å². The lowest BCUT2D eigenvalue weighted by Gasteiger charge is -2.29. The second-order valence-corrected chi connectivity index (χ2v) is 4.87. The Morgan fingerprint density at radius 1 is 1.56 bits per heavy atom. The van der Waals surface area contributed by atoms with Crippen molar-refractivity contribution >= 4 is 0 Å². The molecule has 3 atom stereocenters. The summed E-state index contributed by atoms with van der Waals surface area (Å²) in [5.41, 5.74) is 0. The predicted octanol–water partition coefficient (Wildman–Crippen LogP) is 0.986. The maximum Gasteiger partial charge on any atom is 0.108 e. The number of hydrogen-bond donors (Lipinski definition) is 1. The number of nitriles is 1. The van der Waals surface area contributed by atoms with Gasteiger partial charge in [-0.05, 0) is 34.2 Å². The highest BCUT2D eigenvalue weighted by molar-refractivity contribution is 4.94. The second kappa shape index (κ2) is 6.19. The van der Waals surface area contributed by atoms with E-state index in [9.17, 15) is 0 Å². The average molecular weight is 225 g/mol. The third-order valence-electron chi connectivity index (χ3n) is 3.06. The van der Waals surface area contributed by atoms with Gasteiger partial charge in [-0.15, -0.1) is 0 Å². The first kappa shape index (κ1) is 13.4. The Morgan fingerprint density at radius 2 is 2.25 bits per heavy atom. The standard InChI is InChI=1S/C12H23N3O/c1-9(2)14-11(7-13)8-15(4)12-5-6-16-10(12)3/h9-12,14H,5-6,8H2,1-4H3. The molecule has 0 saturated carbocycles. The molecular formula is C12H23N3O. The van der Waals surface area contributed by atoms with Gasteiger partial charge in [0.15, 0.2) is 0 Å². The molecule has 1 aliphatic rings. The van der Waals surface area contributed by atoms with E-state index in [1.807, 2.05) is 0 Å². The van der Waals surface area contributed by atoms with Gasteiger partial charge in [0.1, 0.15) is 6.04 Å². The van der Waals surface area contributed by atoms with Gasteiger partial charge in [-0.25, -0.2) is 0 Å². The molecule has 0 amide bonds. The highest BCUT2D eigenvalue weighted by atomic mass is 16.5. The molecule has 0 bridgehead atoms. The highest BCUT2D eigenvalue weighted by Gasteiger charge is 2.29. The van der Waals surface area contributed by atoms with E-state index in [0.717, 1.165) is 19.6 Å². The van der Waals surface area contributed by atoms with Crippen molar-refractivity contribution in [3.63, 3.8) is 0 Å². The molecule has 92 valence electrons. The fraction of sp³-hybridized carbons (Fsp3) is 0.917. The molecule has 0 radical (unpaired) electrons. The monoisotopic (exact) mass is 225 g/mol. The molecule has 1 saturated heterocycles. The van der Waals surface area contributed by atoms with Gasteiger partial charge in [-0.2, -0.15) is 5.26 Å². The minimum absolute atomic E-state index is 0.0993. The third kappa shape index (κ3) is 3.75. The van der Waals surface area contributed by atoms with Crippen LogP contribution in [0.5, 0.6) is 0 Å². The van der Waals surface area contributed by atoms with Gasteiger partial charge in [0.25, 0.3) is 0 Å². The smallest absolute Gasteiger partial charge is 0.108 e. The summed E-state index contributed by atoms with van der Waals surface area (Å²) in [6.07, 6.45) is 1.35. The van der Waals surface area contributed by atoms with Gasteiger partial charge in [0.05, 0.1) is 12.2 Å². The first-order chi connectivity index (χ1) is 7.54. The molecule has 1 fully saturated rings. The van der Waals surface area contributed by atoms with E-state index >= 15 is 0 Å². The zero-order valence-electron chi connectivity index (χ0n) is 10.7. The lowest BCUT2D eigenvalue weighted by atomic mass is 10.1. The van der Waals surface area contributed by atoms with Gasteiger partial charge in [0.2, 0.25) is 0 Å². The number of hydrogen-bond acceptors (Lipinski definition) is 4. The Bertz CT molecular complexity index is 249. The largest absolute Gasteiger partial charge is 0.377 e. The summed E-state index contributed by atoms with van der Waals surface area (Å²) < 4.78 is 5.54. The fourth-order valence-corrected chi connectivity index (χ4v) is 2.26. The molecular weight excluding hydrogens is 202 g/mol. The van der Waals surface area contributed by atoms with Crippen LogP contribution in [0.1, 0.15) is 27.2 Å². The molecule has 1 heterocycles. The average Bonchev–Trinajstić information content (AvgIpc) is 2.62. The first-order valence-electron chi connectivity index (χ1n) is 6.02. The normalized spacial score (nSPS) is 27.3. The van der Waals surface area contributed by atoms with Crippen LogP contribution in [0.15, 0.2) is 0 Å². The zero-order valence-corrected chi connectivity index (χ0v) is 10.7. The summed E-state index contributed by atoms with van der Waals surface area (Å²) in [4.78, 5) is 2.24. The predicted molar refractivity (Wildman–Crippen MR) is 64.1 cm³/mol. The summed E-state index contributed by atoms with van der Waals surface area (Å²) >= 11 is 0. The van der Waals surface area contributed by atoms with Gasteiger partial charge in [0, 0.05) is 25.2 Å². The Labute approximate surface area is 98.6 Å². The molecule has 0 aromatic rings. The number of rotatable bonds is 5. The molecule has 16 heavy (non-hydrogen) atoms. The Kier molecular flexibility index (Phi) is 5.20. The lowest BCUT2D eigenvalue weighted by molar-refractivity contribution is 0.0819. The van der Waals surface area contributed by atoms with Crippen molar-refractivity contribution in [3.8, 4) is 6.07 Å². The zero-order chi connectivity index (χ0) is 12.1. The van der Waals surface area contributed by atoms with Crippen LogP contribution < -0.4 is 5.32 Å². The second-order valence-electron chi connectivity index (χ2n) is 4.87. The SMILES string of the molecule is CC(C)NC(C#N)CN(C)C1CCOC1C. The lowest BCUT2D eigenvalue weighted by Crippen LogP contribution is -2.46. The molecule has 1 rings (SSSR count). The van der Waals surface area contributed by atoms with Crippen LogP contribution in [0.25, 0.3) is 0 Å². The van der Waals surface area contributed by atoms with Crippen molar-refractivity contribution in [2.75, 3.05) is 20.2 Å². The minimum Gasteiger partial charge on any atom is -0.377 e. The molecule has 4 nitrogen and oxygen atoms in total.